The Hall–Kier alpha value is 0.0569. The molecule has 1 heterocycles. The molecule has 0 unspecified atom stereocenters. The van der Waals surface area contributed by atoms with Crippen LogP contribution in [0.4, 0.5) is 0 Å². The van der Waals surface area contributed by atoms with E-state index < -0.39 is 8.80 Å². The summed E-state index contributed by atoms with van der Waals surface area (Å²) >= 11 is 0. The molecule has 0 aromatic heterocycles. The molecule has 0 radical (unpaired) electrons. The van der Waals surface area contributed by atoms with Gasteiger partial charge < -0.3 is 17.8 Å². The van der Waals surface area contributed by atoms with Gasteiger partial charge in [-0.2, -0.15) is 0 Å². The lowest BCUT2D eigenvalue weighted by atomic mass is 10.2. The average molecular weight is 276 g/mol. The number of hydrogen-bond acceptors (Lipinski definition) is 3. The van der Waals surface area contributed by atoms with Gasteiger partial charge in [0, 0.05) is 34.2 Å². The molecular formula is C13H30NO3Si+. The molecule has 1 aliphatic rings. The van der Waals surface area contributed by atoms with E-state index in [-0.39, 0.29) is 0 Å². The molecule has 0 aromatic rings. The Morgan fingerprint density at radius 3 is 1.94 bits per heavy atom. The highest BCUT2D eigenvalue weighted by Gasteiger charge is 2.49. The summed E-state index contributed by atoms with van der Waals surface area (Å²) in [6.07, 6.45) is 7.49. The normalized spacial score (nSPS) is 19.3. The molecule has 1 fully saturated rings. The number of likely N-dealkylation sites (tertiary alicyclic amines) is 1. The minimum Gasteiger partial charge on any atom is -0.374 e. The number of hydrogen-bond donors (Lipinski definition) is 0. The molecule has 0 amide bonds. The predicted octanol–water partition coefficient (Wildman–Crippen LogP) is 2.20. The molecule has 0 spiro atoms. The van der Waals surface area contributed by atoms with Crippen LogP contribution in [-0.2, 0) is 13.3 Å². The second-order valence-corrected chi connectivity index (χ2v) is 8.29. The van der Waals surface area contributed by atoms with Crippen LogP contribution >= 0.6 is 0 Å². The molecule has 108 valence electrons. The highest BCUT2D eigenvalue weighted by atomic mass is 28.4. The molecule has 0 aliphatic carbocycles. The molecule has 4 nitrogen and oxygen atoms in total. The fraction of sp³-hybridized carbons (Fsp3) is 1.00. The maximum absolute atomic E-state index is 5.61. The lowest BCUT2D eigenvalue weighted by molar-refractivity contribution is -0.909. The lowest BCUT2D eigenvalue weighted by Gasteiger charge is -2.39. The standard InChI is InChI=1S/C13H30NO3Si/c1-5-6-7-10-14(11-8-9-12-14)13-18(15-2,16-3)17-4/h5-13H2,1-4H3/q+1. The fourth-order valence-corrected chi connectivity index (χ4v) is 5.20. The van der Waals surface area contributed by atoms with Gasteiger partial charge >= 0.3 is 8.80 Å². The van der Waals surface area contributed by atoms with Gasteiger partial charge in [0.1, 0.15) is 6.17 Å². The monoisotopic (exact) mass is 276 g/mol. The van der Waals surface area contributed by atoms with Crippen molar-refractivity contribution in [3.63, 3.8) is 0 Å². The van der Waals surface area contributed by atoms with E-state index in [1.54, 1.807) is 21.3 Å². The molecule has 0 atom stereocenters. The third-order valence-corrected chi connectivity index (χ3v) is 7.14. The van der Waals surface area contributed by atoms with Crippen LogP contribution in [0.25, 0.3) is 0 Å². The summed E-state index contributed by atoms with van der Waals surface area (Å²) in [4.78, 5) is 0. The van der Waals surface area contributed by atoms with Crippen molar-refractivity contribution < 1.29 is 17.8 Å². The maximum atomic E-state index is 5.61. The van der Waals surface area contributed by atoms with Crippen molar-refractivity contribution in [2.24, 2.45) is 0 Å². The summed E-state index contributed by atoms with van der Waals surface area (Å²) in [6.45, 7) is 6.02. The van der Waals surface area contributed by atoms with Crippen LogP contribution in [0.5, 0.6) is 0 Å². The van der Waals surface area contributed by atoms with Gasteiger partial charge in [-0.15, -0.1) is 0 Å². The average Bonchev–Trinajstić information content (AvgIpc) is 2.85. The molecule has 0 aromatic carbocycles. The Morgan fingerprint density at radius 2 is 1.50 bits per heavy atom. The van der Waals surface area contributed by atoms with Gasteiger partial charge in [-0.05, 0) is 12.8 Å². The minimum absolute atomic E-state index is 0.931. The summed E-state index contributed by atoms with van der Waals surface area (Å²) < 4.78 is 18.0. The quantitative estimate of drug-likeness (QED) is 0.367. The second kappa shape index (κ2) is 7.60. The van der Waals surface area contributed by atoms with Crippen LogP contribution < -0.4 is 0 Å². The summed E-state index contributed by atoms with van der Waals surface area (Å²) in [5, 5.41) is 0. The Labute approximate surface area is 113 Å². The Morgan fingerprint density at radius 1 is 0.944 bits per heavy atom. The van der Waals surface area contributed by atoms with E-state index in [0.717, 1.165) is 10.7 Å². The molecule has 0 N–H and O–H groups in total. The van der Waals surface area contributed by atoms with E-state index in [1.807, 2.05) is 0 Å². The molecule has 18 heavy (non-hydrogen) atoms. The highest BCUT2D eigenvalue weighted by molar-refractivity contribution is 6.60. The number of quaternary nitrogens is 1. The van der Waals surface area contributed by atoms with E-state index in [1.165, 1.54) is 51.7 Å². The first-order valence-electron chi connectivity index (χ1n) is 7.16. The second-order valence-electron chi connectivity index (χ2n) is 5.38. The van der Waals surface area contributed by atoms with Crippen molar-refractivity contribution >= 4 is 8.80 Å². The van der Waals surface area contributed by atoms with Crippen LogP contribution in [-0.4, -0.2) is 60.4 Å². The van der Waals surface area contributed by atoms with Crippen molar-refractivity contribution in [2.75, 3.05) is 47.1 Å². The van der Waals surface area contributed by atoms with Gasteiger partial charge in [0.05, 0.1) is 19.6 Å². The molecule has 1 rings (SSSR count). The molecular weight excluding hydrogens is 246 g/mol. The molecule has 1 aliphatic heterocycles. The molecule has 5 heteroatoms. The summed E-state index contributed by atoms with van der Waals surface area (Å²) in [5.41, 5.74) is 0. The molecule has 1 saturated heterocycles. The number of rotatable bonds is 9. The van der Waals surface area contributed by atoms with Crippen LogP contribution in [0.2, 0.25) is 0 Å². The number of unbranched alkanes of at least 4 members (excludes halogenated alkanes) is 2. The number of nitrogens with zero attached hydrogens (tertiary/aromatic N) is 1. The topological polar surface area (TPSA) is 27.7 Å². The van der Waals surface area contributed by atoms with Crippen LogP contribution in [0.15, 0.2) is 0 Å². The Bertz CT molecular complexity index is 220. The zero-order valence-corrected chi connectivity index (χ0v) is 13.5. The van der Waals surface area contributed by atoms with E-state index in [9.17, 15) is 0 Å². The van der Waals surface area contributed by atoms with E-state index in [4.69, 9.17) is 13.3 Å². The van der Waals surface area contributed by atoms with E-state index >= 15 is 0 Å². The zero-order valence-electron chi connectivity index (χ0n) is 12.5. The molecule has 0 bridgehead atoms. The Balaban J connectivity index is 2.65. The van der Waals surface area contributed by atoms with Gasteiger partial charge in [0.25, 0.3) is 0 Å². The van der Waals surface area contributed by atoms with Gasteiger partial charge in [-0.25, -0.2) is 0 Å². The smallest absolute Gasteiger partial charge is 0.374 e. The largest absolute Gasteiger partial charge is 0.558 e. The van der Waals surface area contributed by atoms with Gasteiger partial charge in [-0.1, -0.05) is 13.3 Å². The summed E-state index contributed by atoms with van der Waals surface area (Å²) in [5.74, 6) is 0. The first-order valence-corrected chi connectivity index (χ1v) is 9.09. The van der Waals surface area contributed by atoms with Crippen molar-refractivity contribution in [1.29, 1.82) is 0 Å². The lowest BCUT2D eigenvalue weighted by Crippen LogP contribution is -2.61. The van der Waals surface area contributed by atoms with Gasteiger partial charge in [-0.3, -0.25) is 0 Å². The van der Waals surface area contributed by atoms with E-state index in [2.05, 4.69) is 6.92 Å². The maximum Gasteiger partial charge on any atom is 0.558 e. The molecule has 0 saturated carbocycles. The summed E-state index contributed by atoms with van der Waals surface area (Å²) in [7, 11) is 2.72. The van der Waals surface area contributed by atoms with Crippen molar-refractivity contribution in [3.8, 4) is 0 Å². The van der Waals surface area contributed by atoms with E-state index in [0.29, 0.717) is 0 Å². The van der Waals surface area contributed by atoms with Crippen LogP contribution in [0, 0.1) is 0 Å². The first kappa shape index (κ1) is 16.1. The van der Waals surface area contributed by atoms with Gasteiger partial charge in [0.2, 0.25) is 0 Å². The minimum atomic E-state index is -2.44. The highest BCUT2D eigenvalue weighted by Crippen LogP contribution is 2.24. The van der Waals surface area contributed by atoms with Gasteiger partial charge in [0.15, 0.2) is 0 Å². The Kier molecular flexibility index (Phi) is 6.80. The van der Waals surface area contributed by atoms with Crippen molar-refractivity contribution in [1.82, 2.24) is 0 Å². The summed E-state index contributed by atoms with van der Waals surface area (Å²) in [6, 6.07) is 0. The van der Waals surface area contributed by atoms with Crippen molar-refractivity contribution in [3.05, 3.63) is 0 Å². The third-order valence-electron chi connectivity index (χ3n) is 4.21. The SMILES string of the molecule is CCCCC[N+]1(C[Si](OC)(OC)OC)CCCC1. The van der Waals surface area contributed by atoms with Crippen LogP contribution in [0.1, 0.15) is 39.0 Å². The van der Waals surface area contributed by atoms with Crippen LogP contribution in [0.3, 0.4) is 0 Å². The predicted molar refractivity (Wildman–Crippen MR) is 75.3 cm³/mol. The third kappa shape index (κ3) is 4.03. The first-order chi connectivity index (χ1) is 8.66. The van der Waals surface area contributed by atoms with Crippen molar-refractivity contribution in [2.45, 2.75) is 39.0 Å². The fourth-order valence-electron chi connectivity index (χ4n) is 3.02. The zero-order chi connectivity index (χ0) is 13.5.